The molecule has 0 aliphatic rings. The van der Waals surface area contributed by atoms with E-state index in [1.807, 2.05) is 24.3 Å². The first-order valence-electron chi connectivity index (χ1n) is 4.36. The molecule has 0 radical (unpaired) electrons. The van der Waals surface area contributed by atoms with Crippen LogP contribution in [0, 0.1) is 0 Å². The fourth-order valence-corrected chi connectivity index (χ4v) is 1.13. The van der Waals surface area contributed by atoms with E-state index in [9.17, 15) is 5.11 Å². The van der Waals surface area contributed by atoms with E-state index in [0.29, 0.717) is 6.54 Å². The van der Waals surface area contributed by atoms with Crippen molar-refractivity contribution in [2.24, 2.45) is 5.11 Å². The highest BCUT2D eigenvalue weighted by Crippen LogP contribution is 2.19. The topological polar surface area (TPSA) is 69.0 Å². The Bertz CT molecular complexity index is 345. The highest BCUT2D eigenvalue weighted by molar-refractivity contribution is 5.26. The van der Waals surface area contributed by atoms with Crippen LogP contribution < -0.4 is 0 Å². The molecular formula is C10H13N3O. The minimum absolute atomic E-state index is 0.350. The lowest BCUT2D eigenvalue weighted by atomic mass is 9.97. The fourth-order valence-electron chi connectivity index (χ4n) is 1.13. The number of nitrogens with zero attached hydrogens (tertiary/aromatic N) is 3. The van der Waals surface area contributed by atoms with Crippen molar-refractivity contribution in [2.75, 3.05) is 0 Å². The van der Waals surface area contributed by atoms with Crippen LogP contribution in [0.4, 0.5) is 0 Å². The molecule has 0 aliphatic heterocycles. The van der Waals surface area contributed by atoms with E-state index in [1.54, 1.807) is 13.8 Å². The van der Waals surface area contributed by atoms with E-state index in [4.69, 9.17) is 5.53 Å². The Labute approximate surface area is 82.8 Å². The number of benzene rings is 1. The molecule has 14 heavy (non-hydrogen) atoms. The predicted molar refractivity (Wildman–Crippen MR) is 54.5 cm³/mol. The van der Waals surface area contributed by atoms with Crippen molar-refractivity contribution in [3.05, 3.63) is 45.8 Å². The van der Waals surface area contributed by atoms with E-state index >= 15 is 0 Å². The summed E-state index contributed by atoms with van der Waals surface area (Å²) in [5.41, 5.74) is 9.10. The van der Waals surface area contributed by atoms with Crippen LogP contribution >= 0.6 is 0 Å². The van der Waals surface area contributed by atoms with Gasteiger partial charge in [-0.2, -0.15) is 0 Å². The average Bonchev–Trinajstić information content (AvgIpc) is 2.14. The summed E-state index contributed by atoms with van der Waals surface area (Å²) in [6, 6.07) is 7.37. The number of hydrogen-bond acceptors (Lipinski definition) is 2. The number of rotatable bonds is 3. The Morgan fingerprint density at radius 1 is 1.36 bits per heavy atom. The maximum Gasteiger partial charge on any atom is 0.0840 e. The van der Waals surface area contributed by atoms with Gasteiger partial charge in [0.1, 0.15) is 0 Å². The SMILES string of the molecule is CC(C)(O)c1ccc(CN=[N+]=[N-])cc1. The molecule has 0 amide bonds. The molecule has 0 unspecified atom stereocenters. The molecule has 0 heterocycles. The molecule has 1 aromatic carbocycles. The van der Waals surface area contributed by atoms with E-state index in [0.717, 1.165) is 11.1 Å². The summed E-state index contributed by atoms with van der Waals surface area (Å²) in [4.78, 5) is 2.68. The van der Waals surface area contributed by atoms with Crippen LogP contribution in [0.15, 0.2) is 29.4 Å². The monoisotopic (exact) mass is 191 g/mol. The Morgan fingerprint density at radius 2 is 1.93 bits per heavy atom. The summed E-state index contributed by atoms with van der Waals surface area (Å²) < 4.78 is 0. The zero-order valence-electron chi connectivity index (χ0n) is 8.31. The smallest absolute Gasteiger partial charge is 0.0840 e. The van der Waals surface area contributed by atoms with Crippen molar-refractivity contribution < 1.29 is 5.11 Å². The summed E-state index contributed by atoms with van der Waals surface area (Å²) in [5.74, 6) is 0. The molecule has 1 rings (SSSR count). The highest BCUT2D eigenvalue weighted by atomic mass is 16.3. The molecule has 0 atom stereocenters. The van der Waals surface area contributed by atoms with Crippen molar-refractivity contribution in [2.45, 2.75) is 26.0 Å². The lowest BCUT2D eigenvalue weighted by Gasteiger charge is -2.17. The maximum atomic E-state index is 9.67. The van der Waals surface area contributed by atoms with Gasteiger partial charge in [-0.05, 0) is 30.5 Å². The summed E-state index contributed by atoms with van der Waals surface area (Å²) in [7, 11) is 0. The van der Waals surface area contributed by atoms with Gasteiger partial charge in [-0.15, -0.1) is 0 Å². The van der Waals surface area contributed by atoms with Crippen LogP contribution in [0.3, 0.4) is 0 Å². The summed E-state index contributed by atoms with van der Waals surface area (Å²) >= 11 is 0. The van der Waals surface area contributed by atoms with Crippen LogP contribution in [0.1, 0.15) is 25.0 Å². The third-order valence-corrected chi connectivity index (χ3v) is 1.98. The van der Waals surface area contributed by atoms with E-state index in [1.165, 1.54) is 0 Å². The molecule has 0 saturated carbocycles. The zero-order valence-corrected chi connectivity index (χ0v) is 8.31. The molecule has 0 fully saturated rings. The third-order valence-electron chi connectivity index (χ3n) is 1.98. The Morgan fingerprint density at radius 3 is 2.36 bits per heavy atom. The summed E-state index contributed by atoms with van der Waals surface area (Å²) in [6.07, 6.45) is 0. The minimum Gasteiger partial charge on any atom is -0.386 e. The second kappa shape index (κ2) is 4.13. The number of hydrogen-bond donors (Lipinski definition) is 1. The summed E-state index contributed by atoms with van der Waals surface area (Å²) in [5, 5.41) is 13.1. The van der Waals surface area contributed by atoms with Gasteiger partial charge in [0, 0.05) is 4.91 Å². The lowest BCUT2D eigenvalue weighted by Crippen LogP contribution is -2.15. The maximum absolute atomic E-state index is 9.67. The Hall–Kier alpha value is -1.51. The second-order valence-electron chi connectivity index (χ2n) is 3.64. The number of aliphatic hydroxyl groups is 1. The normalized spacial score (nSPS) is 10.8. The molecule has 4 nitrogen and oxygen atoms in total. The zero-order chi connectivity index (χ0) is 10.6. The van der Waals surface area contributed by atoms with Gasteiger partial charge in [-0.25, -0.2) is 0 Å². The minimum atomic E-state index is -0.822. The number of azide groups is 1. The van der Waals surface area contributed by atoms with Crippen LogP contribution in [-0.2, 0) is 12.1 Å². The third kappa shape index (κ3) is 2.76. The van der Waals surface area contributed by atoms with Gasteiger partial charge < -0.3 is 5.11 Å². The molecular weight excluding hydrogens is 178 g/mol. The Balaban J connectivity index is 2.83. The van der Waals surface area contributed by atoms with Crippen LogP contribution in [0.5, 0.6) is 0 Å². The van der Waals surface area contributed by atoms with E-state index in [2.05, 4.69) is 10.0 Å². The first-order valence-corrected chi connectivity index (χ1v) is 4.36. The van der Waals surface area contributed by atoms with Gasteiger partial charge in [0.15, 0.2) is 0 Å². The molecule has 4 heteroatoms. The van der Waals surface area contributed by atoms with Crippen LogP contribution in [0.25, 0.3) is 10.4 Å². The van der Waals surface area contributed by atoms with Gasteiger partial charge in [0.2, 0.25) is 0 Å². The van der Waals surface area contributed by atoms with Crippen molar-refractivity contribution in [3.63, 3.8) is 0 Å². The standard InChI is InChI=1S/C10H13N3O/c1-10(2,14)9-5-3-8(4-6-9)7-12-13-11/h3-6,14H,7H2,1-2H3. The van der Waals surface area contributed by atoms with Crippen molar-refractivity contribution >= 4 is 0 Å². The largest absolute Gasteiger partial charge is 0.386 e. The van der Waals surface area contributed by atoms with E-state index in [-0.39, 0.29) is 0 Å². The van der Waals surface area contributed by atoms with E-state index < -0.39 is 5.60 Å². The van der Waals surface area contributed by atoms with Crippen LogP contribution in [-0.4, -0.2) is 5.11 Å². The molecule has 0 bridgehead atoms. The molecule has 0 saturated heterocycles. The molecule has 0 spiro atoms. The molecule has 0 aliphatic carbocycles. The lowest BCUT2D eigenvalue weighted by molar-refractivity contribution is 0.0786. The van der Waals surface area contributed by atoms with Gasteiger partial charge in [-0.3, -0.25) is 0 Å². The van der Waals surface area contributed by atoms with Gasteiger partial charge in [-0.1, -0.05) is 29.4 Å². The first-order chi connectivity index (χ1) is 6.54. The average molecular weight is 191 g/mol. The van der Waals surface area contributed by atoms with Crippen molar-refractivity contribution in [1.29, 1.82) is 0 Å². The van der Waals surface area contributed by atoms with Crippen molar-refractivity contribution in [3.8, 4) is 0 Å². The van der Waals surface area contributed by atoms with Gasteiger partial charge in [0.05, 0.1) is 12.1 Å². The van der Waals surface area contributed by atoms with Crippen LogP contribution in [0.2, 0.25) is 0 Å². The molecule has 1 N–H and O–H groups in total. The second-order valence-corrected chi connectivity index (χ2v) is 3.64. The summed E-state index contributed by atoms with van der Waals surface area (Å²) in [6.45, 7) is 3.81. The molecule has 74 valence electrons. The van der Waals surface area contributed by atoms with Gasteiger partial charge in [0.25, 0.3) is 0 Å². The first kappa shape index (κ1) is 10.6. The fraction of sp³-hybridized carbons (Fsp3) is 0.400. The highest BCUT2D eigenvalue weighted by Gasteiger charge is 2.14. The molecule has 0 aromatic heterocycles. The van der Waals surface area contributed by atoms with Gasteiger partial charge >= 0.3 is 0 Å². The molecule has 1 aromatic rings. The Kier molecular flexibility index (Phi) is 3.12. The quantitative estimate of drug-likeness (QED) is 0.445. The van der Waals surface area contributed by atoms with Crippen molar-refractivity contribution in [1.82, 2.24) is 0 Å². The predicted octanol–water partition coefficient (Wildman–Crippen LogP) is 2.72.